The SMILES string of the molecule is [Zn]=[CH]/C=C\c1cccc2ccccc12. The molecule has 0 aliphatic rings. The van der Waals surface area contributed by atoms with Gasteiger partial charge in [0.25, 0.3) is 0 Å². The van der Waals surface area contributed by atoms with Crippen LogP contribution < -0.4 is 0 Å². The first-order valence-electron chi connectivity index (χ1n) is 4.68. The molecule has 0 amide bonds. The van der Waals surface area contributed by atoms with Gasteiger partial charge in [0.15, 0.2) is 0 Å². The molecule has 0 unspecified atom stereocenters. The number of rotatable bonds is 2. The van der Waals surface area contributed by atoms with Crippen molar-refractivity contribution in [2.45, 2.75) is 0 Å². The zero-order valence-electron chi connectivity index (χ0n) is 7.98. The monoisotopic (exact) mass is 230 g/mol. The van der Waals surface area contributed by atoms with Crippen LogP contribution in [0, 0.1) is 0 Å². The van der Waals surface area contributed by atoms with Crippen molar-refractivity contribution < 1.29 is 17.9 Å². The molecule has 2 rings (SSSR count). The molecule has 0 aliphatic heterocycles. The summed E-state index contributed by atoms with van der Waals surface area (Å²) in [5.41, 5.74) is 1.30. The summed E-state index contributed by atoms with van der Waals surface area (Å²) in [6.07, 6.45) is 4.30. The number of hydrogen-bond donors (Lipinski definition) is 0. The Hall–Kier alpha value is -1.07. The maximum absolute atomic E-state index is 2.17. The van der Waals surface area contributed by atoms with E-state index < -0.39 is 0 Å². The summed E-state index contributed by atoms with van der Waals surface area (Å²) < 4.78 is 2.17. The van der Waals surface area contributed by atoms with Crippen LogP contribution in [-0.2, 0) is 17.9 Å². The summed E-state index contributed by atoms with van der Waals surface area (Å²) in [4.78, 5) is 0. The second-order valence-corrected chi connectivity index (χ2v) is 4.15. The molecule has 0 N–H and O–H groups in total. The van der Waals surface area contributed by atoms with E-state index in [4.69, 9.17) is 0 Å². The molecular formula is C13H10Zn. The van der Waals surface area contributed by atoms with E-state index in [-0.39, 0.29) is 0 Å². The molecule has 2 aromatic carbocycles. The second-order valence-electron chi connectivity index (χ2n) is 3.16. The summed E-state index contributed by atoms with van der Waals surface area (Å²) in [5.74, 6) is 0. The summed E-state index contributed by atoms with van der Waals surface area (Å²) in [6.45, 7) is 0. The fourth-order valence-electron chi connectivity index (χ4n) is 1.57. The van der Waals surface area contributed by atoms with E-state index in [9.17, 15) is 0 Å². The first-order chi connectivity index (χ1) is 6.92. The van der Waals surface area contributed by atoms with Crippen LogP contribution in [0.3, 0.4) is 0 Å². The van der Waals surface area contributed by atoms with Gasteiger partial charge in [-0.05, 0) is 0 Å². The Morgan fingerprint density at radius 3 is 2.57 bits per heavy atom. The predicted octanol–water partition coefficient (Wildman–Crippen LogP) is 3.20. The molecule has 64 valence electrons. The third-order valence-corrected chi connectivity index (χ3v) is 2.81. The Labute approximate surface area is 93.5 Å². The molecule has 2 aromatic rings. The Kier molecular flexibility index (Phi) is 3.01. The average Bonchev–Trinajstić information content (AvgIpc) is 2.26. The minimum atomic E-state index is 1.21. The van der Waals surface area contributed by atoms with Crippen LogP contribution in [0.4, 0.5) is 0 Å². The Balaban J connectivity index is 2.64. The summed E-state index contributed by atoms with van der Waals surface area (Å²) in [7, 11) is 0. The fraction of sp³-hybridized carbons (Fsp3) is 0. The van der Waals surface area contributed by atoms with Gasteiger partial charge in [0.2, 0.25) is 0 Å². The predicted molar refractivity (Wildman–Crippen MR) is 59.0 cm³/mol. The number of fused-ring (bicyclic) bond motifs is 1. The molecule has 14 heavy (non-hydrogen) atoms. The van der Waals surface area contributed by atoms with Crippen molar-refractivity contribution in [3.05, 3.63) is 54.1 Å². The Morgan fingerprint density at radius 2 is 1.71 bits per heavy atom. The second kappa shape index (κ2) is 4.44. The summed E-state index contributed by atoms with van der Waals surface area (Å²) >= 11 is 1.21. The van der Waals surface area contributed by atoms with Crippen molar-refractivity contribution in [3.8, 4) is 0 Å². The molecule has 1 heteroatoms. The molecule has 0 aromatic heterocycles. The van der Waals surface area contributed by atoms with Crippen LogP contribution in [0.25, 0.3) is 16.8 Å². The maximum atomic E-state index is 2.17. The molecule has 0 aliphatic carbocycles. The molecule has 0 nitrogen and oxygen atoms in total. The molecule has 0 saturated carbocycles. The molecule has 0 bridgehead atoms. The van der Waals surface area contributed by atoms with E-state index in [0.29, 0.717) is 0 Å². The van der Waals surface area contributed by atoms with Crippen LogP contribution >= 0.6 is 0 Å². The molecular weight excluding hydrogens is 222 g/mol. The van der Waals surface area contributed by atoms with Gasteiger partial charge >= 0.3 is 93.4 Å². The Bertz CT molecular complexity index is 478. The van der Waals surface area contributed by atoms with Crippen molar-refractivity contribution in [1.29, 1.82) is 0 Å². The van der Waals surface area contributed by atoms with Gasteiger partial charge in [0, 0.05) is 0 Å². The van der Waals surface area contributed by atoms with Crippen molar-refractivity contribution in [2.75, 3.05) is 0 Å². The standard InChI is InChI=1S/C13H10.Zn/c1-2-6-11-8-5-9-12-7-3-4-10-13(11)12;/h1-10H;/b6-2-;. The molecule has 0 spiro atoms. The zero-order valence-corrected chi connectivity index (χ0v) is 10.9. The van der Waals surface area contributed by atoms with Gasteiger partial charge in [-0.1, -0.05) is 0 Å². The normalized spacial score (nSPS) is 11.0. The topological polar surface area (TPSA) is 0 Å². The summed E-state index contributed by atoms with van der Waals surface area (Å²) in [5, 5.41) is 2.63. The van der Waals surface area contributed by atoms with E-state index in [2.05, 4.69) is 59.2 Å². The number of benzene rings is 2. The van der Waals surface area contributed by atoms with Crippen LogP contribution in [0.5, 0.6) is 0 Å². The van der Waals surface area contributed by atoms with Gasteiger partial charge in [-0.15, -0.1) is 0 Å². The van der Waals surface area contributed by atoms with E-state index in [1.54, 1.807) is 0 Å². The van der Waals surface area contributed by atoms with E-state index in [1.165, 1.54) is 34.2 Å². The van der Waals surface area contributed by atoms with Crippen molar-refractivity contribution in [3.63, 3.8) is 0 Å². The average molecular weight is 232 g/mol. The van der Waals surface area contributed by atoms with Crippen LogP contribution in [0.1, 0.15) is 5.56 Å². The third-order valence-electron chi connectivity index (χ3n) is 2.24. The van der Waals surface area contributed by atoms with Crippen LogP contribution in [0.2, 0.25) is 0 Å². The quantitative estimate of drug-likeness (QED) is 0.697. The molecule has 0 fully saturated rings. The Morgan fingerprint density at radius 1 is 0.929 bits per heavy atom. The van der Waals surface area contributed by atoms with E-state index in [1.807, 2.05) is 0 Å². The first-order valence-corrected chi connectivity index (χ1v) is 6.40. The van der Waals surface area contributed by atoms with Gasteiger partial charge in [-0.2, -0.15) is 0 Å². The van der Waals surface area contributed by atoms with E-state index in [0.717, 1.165) is 0 Å². The number of allylic oxidation sites excluding steroid dienone is 1. The van der Waals surface area contributed by atoms with Gasteiger partial charge in [-0.25, -0.2) is 0 Å². The number of hydrogen-bond acceptors (Lipinski definition) is 0. The minimum absolute atomic E-state index is 1.21. The molecule has 0 atom stereocenters. The van der Waals surface area contributed by atoms with Crippen molar-refractivity contribution >= 4 is 21.5 Å². The van der Waals surface area contributed by atoms with Gasteiger partial charge < -0.3 is 0 Å². The summed E-state index contributed by atoms with van der Waals surface area (Å²) in [6, 6.07) is 14.9. The van der Waals surface area contributed by atoms with Crippen molar-refractivity contribution in [2.24, 2.45) is 0 Å². The van der Waals surface area contributed by atoms with Gasteiger partial charge in [-0.3, -0.25) is 0 Å². The third kappa shape index (κ3) is 1.88. The van der Waals surface area contributed by atoms with E-state index >= 15 is 0 Å². The van der Waals surface area contributed by atoms with Crippen LogP contribution in [-0.4, -0.2) is 4.61 Å². The fourth-order valence-corrected chi connectivity index (χ4v) is 1.85. The zero-order chi connectivity index (χ0) is 9.80. The van der Waals surface area contributed by atoms with Crippen molar-refractivity contribution in [1.82, 2.24) is 0 Å². The molecule has 0 heterocycles. The van der Waals surface area contributed by atoms with Gasteiger partial charge in [0.05, 0.1) is 0 Å². The molecule has 0 saturated heterocycles. The first kappa shape index (κ1) is 9.49. The van der Waals surface area contributed by atoms with Crippen LogP contribution in [0.15, 0.2) is 48.5 Å². The van der Waals surface area contributed by atoms with Gasteiger partial charge in [0.1, 0.15) is 0 Å². The molecule has 0 radical (unpaired) electrons.